The summed E-state index contributed by atoms with van der Waals surface area (Å²) in [6, 6.07) is 2.76. The predicted molar refractivity (Wildman–Crippen MR) is 83.4 cm³/mol. The highest BCUT2D eigenvalue weighted by atomic mass is 32.1. The molecule has 22 heavy (non-hydrogen) atoms. The fourth-order valence-corrected chi connectivity index (χ4v) is 2.63. The molecule has 0 aliphatic heterocycles. The van der Waals surface area contributed by atoms with Crippen molar-refractivity contribution in [3.8, 4) is 0 Å². The molecule has 0 saturated carbocycles. The number of carbonyl (C=O) groups is 2. The largest absolute Gasteiger partial charge is 0.477 e. The maximum Gasteiger partial charge on any atom is 0.354 e. The molecule has 0 aliphatic carbocycles. The van der Waals surface area contributed by atoms with E-state index < -0.39 is 5.97 Å². The van der Waals surface area contributed by atoms with Crippen molar-refractivity contribution in [1.82, 2.24) is 15.3 Å². The molecule has 116 valence electrons. The van der Waals surface area contributed by atoms with Gasteiger partial charge in [-0.15, -0.1) is 11.3 Å². The van der Waals surface area contributed by atoms with Crippen LogP contribution in [0.25, 0.3) is 0 Å². The minimum Gasteiger partial charge on any atom is -0.477 e. The summed E-state index contributed by atoms with van der Waals surface area (Å²) in [6.45, 7) is 4.66. The van der Waals surface area contributed by atoms with Gasteiger partial charge in [-0.1, -0.05) is 13.8 Å². The van der Waals surface area contributed by atoms with Gasteiger partial charge >= 0.3 is 5.97 Å². The minimum atomic E-state index is -1.11. The van der Waals surface area contributed by atoms with Crippen LogP contribution in [-0.4, -0.2) is 33.5 Å². The van der Waals surface area contributed by atoms with E-state index in [1.807, 2.05) is 5.38 Å². The number of aromatic nitrogens is 2. The van der Waals surface area contributed by atoms with Gasteiger partial charge < -0.3 is 10.4 Å². The summed E-state index contributed by atoms with van der Waals surface area (Å²) in [5.74, 6) is -0.979. The molecule has 0 radical (unpaired) electrons. The van der Waals surface area contributed by atoms with E-state index in [2.05, 4.69) is 29.1 Å². The van der Waals surface area contributed by atoms with Crippen molar-refractivity contribution in [3.05, 3.63) is 45.7 Å². The van der Waals surface area contributed by atoms with Crippen molar-refractivity contribution in [2.75, 3.05) is 6.54 Å². The Bertz CT molecular complexity index is 665. The van der Waals surface area contributed by atoms with Gasteiger partial charge in [0.05, 0.1) is 16.3 Å². The average Bonchev–Trinajstić information content (AvgIpc) is 2.96. The van der Waals surface area contributed by atoms with E-state index in [-0.39, 0.29) is 11.6 Å². The number of hydrogen-bond acceptors (Lipinski definition) is 5. The molecule has 6 nitrogen and oxygen atoms in total. The maximum absolute atomic E-state index is 11.9. The zero-order chi connectivity index (χ0) is 16.1. The van der Waals surface area contributed by atoms with Crippen molar-refractivity contribution in [2.45, 2.75) is 26.2 Å². The van der Waals surface area contributed by atoms with Crippen LogP contribution in [0.15, 0.2) is 23.7 Å². The smallest absolute Gasteiger partial charge is 0.354 e. The van der Waals surface area contributed by atoms with Crippen LogP contribution in [0.5, 0.6) is 0 Å². The van der Waals surface area contributed by atoms with Crippen molar-refractivity contribution in [2.24, 2.45) is 0 Å². The molecule has 0 bridgehead atoms. The highest BCUT2D eigenvalue weighted by Gasteiger charge is 2.10. The van der Waals surface area contributed by atoms with Gasteiger partial charge in [0.15, 0.2) is 0 Å². The Balaban J connectivity index is 1.85. The molecular formula is C15H17N3O3S. The minimum absolute atomic E-state index is 0.0831. The lowest BCUT2D eigenvalue weighted by atomic mass is 10.2. The molecule has 0 unspecified atom stereocenters. The molecule has 0 fully saturated rings. The van der Waals surface area contributed by atoms with Crippen LogP contribution in [0.1, 0.15) is 51.3 Å². The molecule has 0 spiro atoms. The molecule has 7 heteroatoms. The predicted octanol–water partition coefficient (Wildman–Crippen LogP) is 2.33. The van der Waals surface area contributed by atoms with E-state index in [9.17, 15) is 9.59 Å². The zero-order valence-corrected chi connectivity index (χ0v) is 13.2. The average molecular weight is 319 g/mol. The number of nitrogens with zero attached hydrogens (tertiary/aromatic N) is 2. The van der Waals surface area contributed by atoms with Crippen molar-refractivity contribution >= 4 is 23.2 Å². The third-order valence-corrected chi connectivity index (χ3v) is 4.17. The fraction of sp³-hybridized carbons (Fsp3) is 0.333. The number of thiazole rings is 1. The number of hydrogen-bond donors (Lipinski definition) is 2. The van der Waals surface area contributed by atoms with E-state index in [4.69, 9.17) is 5.11 Å². The number of rotatable bonds is 6. The van der Waals surface area contributed by atoms with Crippen molar-refractivity contribution in [1.29, 1.82) is 0 Å². The van der Waals surface area contributed by atoms with Gasteiger partial charge in [-0.3, -0.25) is 4.79 Å². The Kier molecular flexibility index (Phi) is 5.21. The molecule has 2 aromatic rings. The van der Waals surface area contributed by atoms with Crippen LogP contribution in [0.2, 0.25) is 0 Å². The standard InChI is InChI=1S/C15H17N3O3S/c1-9(2)14-18-11(8-22-14)5-6-16-13(19)10-3-4-12(15(20)21)17-7-10/h3-4,7-9H,5-6H2,1-2H3,(H,16,19)(H,20,21). The summed E-state index contributed by atoms with van der Waals surface area (Å²) in [4.78, 5) is 30.8. The van der Waals surface area contributed by atoms with Gasteiger partial charge in [0.2, 0.25) is 0 Å². The van der Waals surface area contributed by atoms with Gasteiger partial charge in [0.1, 0.15) is 5.69 Å². The van der Waals surface area contributed by atoms with E-state index in [1.54, 1.807) is 11.3 Å². The van der Waals surface area contributed by atoms with Crippen LogP contribution >= 0.6 is 11.3 Å². The first-order valence-corrected chi connectivity index (χ1v) is 7.77. The lowest BCUT2D eigenvalue weighted by Gasteiger charge is -2.04. The molecule has 0 aliphatic rings. The molecule has 2 heterocycles. The maximum atomic E-state index is 11.9. The summed E-state index contributed by atoms with van der Waals surface area (Å²) in [6.07, 6.45) is 1.92. The zero-order valence-electron chi connectivity index (χ0n) is 12.4. The first-order chi connectivity index (χ1) is 10.5. The van der Waals surface area contributed by atoms with Crippen LogP contribution in [-0.2, 0) is 6.42 Å². The van der Waals surface area contributed by atoms with E-state index >= 15 is 0 Å². The van der Waals surface area contributed by atoms with Gasteiger partial charge in [0, 0.05) is 30.5 Å². The van der Waals surface area contributed by atoms with Crippen LogP contribution in [0.4, 0.5) is 0 Å². The fourth-order valence-electron chi connectivity index (χ4n) is 1.76. The normalized spacial score (nSPS) is 10.7. The third-order valence-electron chi connectivity index (χ3n) is 2.97. The second-order valence-corrected chi connectivity index (χ2v) is 5.96. The number of pyridine rings is 1. The summed E-state index contributed by atoms with van der Waals surface area (Å²) < 4.78 is 0. The molecule has 2 aromatic heterocycles. The van der Waals surface area contributed by atoms with Gasteiger partial charge in [-0.2, -0.15) is 0 Å². The number of carbonyl (C=O) groups excluding carboxylic acids is 1. The second kappa shape index (κ2) is 7.13. The molecular weight excluding hydrogens is 302 g/mol. The summed E-state index contributed by atoms with van der Waals surface area (Å²) in [7, 11) is 0. The van der Waals surface area contributed by atoms with Crippen molar-refractivity contribution < 1.29 is 14.7 Å². The highest BCUT2D eigenvalue weighted by Crippen LogP contribution is 2.19. The number of nitrogens with one attached hydrogen (secondary N) is 1. The van der Waals surface area contributed by atoms with Crippen LogP contribution in [0, 0.1) is 0 Å². The molecule has 2 N–H and O–H groups in total. The monoisotopic (exact) mass is 319 g/mol. The van der Waals surface area contributed by atoms with E-state index in [0.717, 1.165) is 10.7 Å². The van der Waals surface area contributed by atoms with Crippen LogP contribution in [0.3, 0.4) is 0 Å². The lowest BCUT2D eigenvalue weighted by Crippen LogP contribution is -2.26. The second-order valence-electron chi connectivity index (χ2n) is 5.07. The number of amides is 1. The van der Waals surface area contributed by atoms with Crippen molar-refractivity contribution in [3.63, 3.8) is 0 Å². The number of carboxylic acids is 1. The number of aromatic carboxylic acids is 1. The Morgan fingerprint density at radius 2 is 2.14 bits per heavy atom. The molecule has 0 saturated heterocycles. The van der Waals surface area contributed by atoms with Gasteiger partial charge in [-0.05, 0) is 12.1 Å². The summed E-state index contributed by atoms with van der Waals surface area (Å²) in [5.41, 5.74) is 1.22. The van der Waals surface area contributed by atoms with Crippen LogP contribution < -0.4 is 5.32 Å². The Hall–Kier alpha value is -2.28. The number of carboxylic acid groups (broad SMARTS) is 1. The summed E-state index contributed by atoms with van der Waals surface area (Å²) in [5, 5.41) is 14.6. The SMILES string of the molecule is CC(C)c1nc(CCNC(=O)c2ccc(C(=O)O)nc2)cs1. The molecule has 1 amide bonds. The molecule has 0 atom stereocenters. The lowest BCUT2D eigenvalue weighted by molar-refractivity contribution is 0.0689. The topological polar surface area (TPSA) is 92.2 Å². The Morgan fingerprint density at radius 1 is 1.36 bits per heavy atom. The first-order valence-electron chi connectivity index (χ1n) is 6.89. The molecule has 0 aromatic carbocycles. The highest BCUT2D eigenvalue weighted by molar-refractivity contribution is 7.09. The third kappa shape index (κ3) is 4.11. The Labute approximate surface area is 132 Å². The van der Waals surface area contributed by atoms with Gasteiger partial charge in [0.25, 0.3) is 5.91 Å². The summed E-state index contributed by atoms with van der Waals surface area (Å²) >= 11 is 1.63. The van der Waals surface area contributed by atoms with E-state index in [1.165, 1.54) is 18.3 Å². The Morgan fingerprint density at radius 3 is 2.68 bits per heavy atom. The quantitative estimate of drug-likeness (QED) is 0.852. The molecule has 2 rings (SSSR count). The first kappa shape index (κ1) is 16.1. The van der Waals surface area contributed by atoms with E-state index in [0.29, 0.717) is 24.4 Å². The van der Waals surface area contributed by atoms with Gasteiger partial charge in [-0.25, -0.2) is 14.8 Å².